The van der Waals surface area contributed by atoms with Crippen LogP contribution in [-0.4, -0.2) is 72.4 Å². The first kappa shape index (κ1) is 25.4. The lowest BCUT2D eigenvalue weighted by molar-refractivity contribution is -0.143. The predicted octanol–water partition coefficient (Wildman–Crippen LogP) is 4.15. The van der Waals surface area contributed by atoms with Gasteiger partial charge in [0.25, 0.3) is 0 Å². The van der Waals surface area contributed by atoms with Crippen LogP contribution in [0.3, 0.4) is 0 Å². The van der Waals surface area contributed by atoms with Gasteiger partial charge >= 0.3 is 0 Å². The molecule has 0 radical (unpaired) electrons. The molecule has 5 rings (SSSR count). The SMILES string of the molecule is COc1ccc(CC(=O)N2CCN(C(=O)CN3CCc4sccc4[C@H]3c3cccc(F)c3)C[C@@H]2C)cc1. The third-order valence-electron chi connectivity index (χ3n) is 7.38. The van der Waals surface area contributed by atoms with E-state index in [1.165, 1.54) is 10.9 Å². The van der Waals surface area contributed by atoms with Gasteiger partial charge in [-0.25, -0.2) is 4.39 Å². The zero-order chi connectivity index (χ0) is 25.9. The Kier molecular flexibility index (Phi) is 7.58. The minimum atomic E-state index is -0.268. The van der Waals surface area contributed by atoms with Gasteiger partial charge in [-0.3, -0.25) is 14.5 Å². The number of thiophene rings is 1. The Balaban J connectivity index is 1.23. The molecule has 1 saturated heterocycles. The van der Waals surface area contributed by atoms with E-state index in [1.54, 1.807) is 30.6 Å². The second kappa shape index (κ2) is 11.0. The molecule has 0 spiro atoms. The smallest absolute Gasteiger partial charge is 0.236 e. The maximum Gasteiger partial charge on any atom is 0.236 e. The van der Waals surface area contributed by atoms with Gasteiger partial charge in [0.1, 0.15) is 11.6 Å². The van der Waals surface area contributed by atoms with Gasteiger partial charge in [-0.1, -0.05) is 24.3 Å². The van der Waals surface area contributed by atoms with Crippen LogP contribution in [0, 0.1) is 5.82 Å². The zero-order valence-corrected chi connectivity index (χ0v) is 22.0. The molecule has 0 saturated carbocycles. The normalized spacial score (nSPS) is 20.0. The Morgan fingerprint density at radius 3 is 2.59 bits per heavy atom. The summed E-state index contributed by atoms with van der Waals surface area (Å²) in [5.74, 6) is 0.613. The van der Waals surface area contributed by atoms with E-state index in [1.807, 2.05) is 47.1 Å². The molecule has 2 amide bonds. The fourth-order valence-electron chi connectivity index (χ4n) is 5.45. The molecule has 3 aromatic rings. The molecule has 0 N–H and O–H groups in total. The molecular formula is C29H32FN3O3S. The lowest BCUT2D eigenvalue weighted by Gasteiger charge is -2.42. The standard InChI is InChI=1S/C29H32FN3O3S/c1-20-18-31(13-14-33(20)27(34)16-21-6-8-24(36-2)9-7-21)28(35)19-32-12-10-26-25(11-15-37-26)29(32)22-4-3-5-23(30)17-22/h3-9,11,15,17,20,29H,10,12-14,16,18-19H2,1-2H3/t20-,29+/m0/s1. The third-order valence-corrected chi connectivity index (χ3v) is 8.38. The summed E-state index contributed by atoms with van der Waals surface area (Å²) in [6, 6.07) is 16.1. The lowest BCUT2D eigenvalue weighted by atomic mass is 9.93. The molecule has 2 aliphatic rings. The highest BCUT2D eigenvalue weighted by atomic mass is 32.1. The number of hydrogen-bond donors (Lipinski definition) is 0. The van der Waals surface area contributed by atoms with Crippen molar-refractivity contribution in [3.05, 3.63) is 87.4 Å². The number of carbonyl (C=O) groups excluding carboxylic acids is 2. The summed E-state index contributed by atoms with van der Waals surface area (Å²) < 4.78 is 19.3. The van der Waals surface area contributed by atoms with E-state index in [-0.39, 0.29) is 36.3 Å². The van der Waals surface area contributed by atoms with Crippen LogP contribution in [0.5, 0.6) is 5.75 Å². The molecule has 2 aliphatic heterocycles. The highest BCUT2D eigenvalue weighted by Crippen LogP contribution is 2.37. The molecule has 0 unspecified atom stereocenters. The van der Waals surface area contributed by atoms with Crippen molar-refractivity contribution in [2.75, 3.05) is 39.8 Å². The van der Waals surface area contributed by atoms with Crippen LogP contribution in [0.25, 0.3) is 0 Å². The van der Waals surface area contributed by atoms with Gasteiger partial charge in [0.05, 0.1) is 26.1 Å². The van der Waals surface area contributed by atoms with Gasteiger partial charge < -0.3 is 14.5 Å². The topological polar surface area (TPSA) is 53.1 Å². The van der Waals surface area contributed by atoms with Crippen molar-refractivity contribution >= 4 is 23.2 Å². The van der Waals surface area contributed by atoms with Gasteiger partial charge in [-0.2, -0.15) is 0 Å². The number of halogens is 1. The van der Waals surface area contributed by atoms with Crippen molar-refractivity contribution < 1.29 is 18.7 Å². The third kappa shape index (κ3) is 5.55. The molecule has 37 heavy (non-hydrogen) atoms. The maximum atomic E-state index is 14.1. The Morgan fingerprint density at radius 2 is 1.86 bits per heavy atom. The molecule has 6 nitrogen and oxygen atoms in total. The van der Waals surface area contributed by atoms with E-state index in [4.69, 9.17) is 4.74 Å². The quantitative estimate of drug-likeness (QED) is 0.489. The molecule has 1 aromatic heterocycles. The van der Waals surface area contributed by atoms with Crippen LogP contribution in [0.1, 0.15) is 34.5 Å². The molecule has 8 heteroatoms. The van der Waals surface area contributed by atoms with Crippen LogP contribution in [0.2, 0.25) is 0 Å². The molecular weight excluding hydrogens is 489 g/mol. The predicted molar refractivity (Wildman–Crippen MR) is 142 cm³/mol. The van der Waals surface area contributed by atoms with Gasteiger partial charge in [-0.15, -0.1) is 11.3 Å². The Morgan fingerprint density at radius 1 is 1.05 bits per heavy atom. The fourth-order valence-corrected chi connectivity index (χ4v) is 6.36. The van der Waals surface area contributed by atoms with Gasteiger partial charge in [0.15, 0.2) is 0 Å². The van der Waals surface area contributed by atoms with Crippen molar-refractivity contribution in [1.82, 2.24) is 14.7 Å². The number of hydrogen-bond acceptors (Lipinski definition) is 5. The molecule has 194 valence electrons. The van der Waals surface area contributed by atoms with Gasteiger partial charge in [0, 0.05) is 37.1 Å². The van der Waals surface area contributed by atoms with Crippen LogP contribution >= 0.6 is 11.3 Å². The molecule has 0 aliphatic carbocycles. The van der Waals surface area contributed by atoms with E-state index in [2.05, 4.69) is 16.3 Å². The first-order valence-corrected chi connectivity index (χ1v) is 13.6. The van der Waals surface area contributed by atoms with Crippen molar-refractivity contribution in [3.63, 3.8) is 0 Å². The second-order valence-electron chi connectivity index (χ2n) is 9.78. The van der Waals surface area contributed by atoms with Crippen LogP contribution in [0.15, 0.2) is 60.0 Å². The number of benzene rings is 2. The molecule has 1 fully saturated rings. The number of piperazine rings is 1. The highest BCUT2D eigenvalue weighted by molar-refractivity contribution is 7.10. The highest BCUT2D eigenvalue weighted by Gasteiger charge is 2.34. The monoisotopic (exact) mass is 521 g/mol. The zero-order valence-electron chi connectivity index (χ0n) is 21.2. The first-order valence-electron chi connectivity index (χ1n) is 12.7. The van der Waals surface area contributed by atoms with E-state index in [9.17, 15) is 14.0 Å². The number of fused-ring (bicyclic) bond motifs is 1. The number of ether oxygens (including phenoxy) is 1. The molecule has 2 atom stereocenters. The van der Waals surface area contributed by atoms with Gasteiger partial charge in [-0.05, 0) is 65.7 Å². The average Bonchev–Trinajstić information content (AvgIpc) is 3.37. The van der Waals surface area contributed by atoms with E-state index >= 15 is 0 Å². The number of carbonyl (C=O) groups is 2. The van der Waals surface area contributed by atoms with Crippen molar-refractivity contribution in [2.45, 2.75) is 31.8 Å². The Bertz CT molecular complexity index is 1260. The van der Waals surface area contributed by atoms with E-state index < -0.39 is 0 Å². The fraction of sp³-hybridized carbons (Fsp3) is 0.379. The number of nitrogens with zero attached hydrogens (tertiary/aromatic N) is 3. The number of methoxy groups -OCH3 is 1. The van der Waals surface area contributed by atoms with Crippen molar-refractivity contribution in [2.24, 2.45) is 0 Å². The van der Waals surface area contributed by atoms with Crippen LogP contribution in [0.4, 0.5) is 4.39 Å². The van der Waals surface area contributed by atoms with Crippen LogP contribution in [-0.2, 0) is 22.4 Å². The minimum absolute atomic E-state index is 0.0502. The first-order chi connectivity index (χ1) is 17.9. The number of amides is 2. The summed E-state index contributed by atoms with van der Waals surface area (Å²) in [5, 5.41) is 2.08. The minimum Gasteiger partial charge on any atom is -0.497 e. The number of rotatable bonds is 6. The van der Waals surface area contributed by atoms with Crippen molar-refractivity contribution in [3.8, 4) is 5.75 Å². The maximum absolute atomic E-state index is 14.1. The Labute approximate surface area is 221 Å². The largest absolute Gasteiger partial charge is 0.497 e. The summed E-state index contributed by atoms with van der Waals surface area (Å²) in [5.41, 5.74) is 2.98. The summed E-state index contributed by atoms with van der Waals surface area (Å²) in [6.45, 7) is 4.55. The summed E-state index contributed by atoms with van der Waals surface area (Å²) in [7, 11) is 1.62. The summed E-state index contributed by atoms with van der Waals surface area (Å²) >= 11 is 1.72. The van der Waals surface area contributed by atoms with Gasteiger partial charge in [0.2, 0.25) is 11.8 Å². The summed E-state index contributed by atoms with van der Waals surface area (Å²) in [6.07, 6.45) is 1.21. The summed E-state index contributed by atoms with van der Waals surface area (Å²) in [4.78, 5) is 33.6. The average molecular weight is 522 g/mol. The second-order valence-corrected chi connectivity index (χ2v) is 10.8. The van der Waals surface area contributed by atoms with Crippen LogP contribution < -0.4 is 4.74 Å². The van der Waals surface area contributed by atoms with Crippen molar-refractivity contribution in [1.29, 1.82) is 0 Å². The Hall–Kier alpha value is -3.23. The molecule has 3 heterocycles. The van der Waals surface area contributed by atoms with E-state index in [0.717, 1.165) is 35.4 Å². The lowest BCUT2D eigenvalue weighted by Crippen LogP contribution is -2.57. The molecule has 0 bridgehead atoms. The molecule has 2 aromatic carbocycles. The van der Waals surface area contributed by atoms with E-state index in [0.29, 0.717) is 26.1 Å².